The summed E-state index contributed by atoms with van der Waals surface area (Å²) < 4.78 is 16.7. The third-order valence-electron chi connectivity index (χ3n) is 4.04. The van der Waals surface area contributed by atoms with Gasteiger partial charge in [0.25, 0.3) is 0 Å². The molecular formula is C20H16N2O3. The fourth-order valence-electron chi connectivity index (χ4n) is 2.78. The van der Waals surface area contributed by atoms with Crippen LogP contribution in [-0.4, -0.2) is 24.2 Å². The predicted octanol–water partition coefficient (Wildman–Crippen LogP) is 4.59. The van der Waals surface area contributed by atoms with E-state index in [1.807, 2.05) is 48.5 Å². The van der Waals surface area contributed by atoms with Crippen molar-refractivity contribution in [2.24, 2.45) is 0 Å². The van der Waals surface area contributed by atoms with Crippen LogP contribution >= 0.6 is 0 Å². The van der Waals surface area contributed by atoms with Crippen molar-refractivity contribution in [2.45, 2.75) is 0 Å². The number of benzene rings is 3. The number of hydrogen-bond acceptors (Lipinski definition) is 5. The van der Waals surface area contributed by atoms with E-state index in [1.54, 1.807) is 14.2 Å². The summed E-state index contributed by atoms with van der Waals surface area (Å²) in [6.07, 6.45) is 1.48. The normalized spacial score (nSPS) is 10.8. The van der Waals surface area contributed by atoms with Crippen LogP contribution in [0.3, 0.4) is 0 Å². The maximum Gasteiger partial charge on any atom is 0.230 e. The first-order chi connectivity index (χ1) is 12.3. The molecule has 0 spiro atoms. The summed E-state index contributed by atoms with van der Waals surface area (Å²) in [4.78, 5) is 8.57. The summed E-state index contributed by atoms with van der Waals surface area (Å²) in [5, 5.41) is 3.03. The van der Waals surface area contributed by atoms with E-state index in [2.05, 4.69) is 16.0 Å². The van der Waals surface area contributed by atoms with E-state index < -0.39 is 0 Å². The molecule has 1 heterocycles. The molecule has 25 heavy (non-hydrogen) atoms. The Labute approximate surface area is 144 Å². The zero-order valence-electron chi connectivity index (χ0n) is 13.9. The minimum absolute atomic E-state index is 0.473. The van der Waals surface area contributed by atoms with Gasteiger partial charge in [0.15, 0.2) is 11.5 Å². The highest BCUT2D eigenvalue weighted by molar-refractivity contribution is 5.87. The Morgan fingerprint density at radius 2 is 1.52 bits per heavy atom. The lowest BCUT2D eigenvalue weighted by atomic mass is 10.1. The Bertz CT molecular complexity index is 1060. The van der Waals surface area contributed by atoms with E-state index in [9.17, 15) is 0 Å². The van der Waals surface area contributed by atoms with Crippen molar-refractivity contribution in [1.82, 2.24) is 9.97 Å². The molecule has 0 saturated heterocycles. The van der Waals surface area contributed by atoms with Crippen molar-refractivity contribution in [2.75, 3.05) is 14.2 Å². The average Bonchev–Trinajstić information content (AvgIpc) is 2.67. The summed E-state index contributed by atoms with van der Waals surface area (Å²) >= 11 is 0. The summed E-state index contributed by atoms with van der Waals surface area (Å²) in [7, 11) is 3.19. The van der Waals surface area contributed by atoms with Crippen LogP contribution in [0, 0.1) is 0 Å². The summed E-state index contributed by atoms with van der Waals surface area (Å²) in [6, 6.07) is 17.7. The van der Waals surface area contributed by atoms with Gasteiger partial charge in [0.05, 0.1) is 25.1 Å². The largest absolute Gasteiger partial charge is 0.493 e. The van der Waals surface area contributed by atoms with Crippen LogP contribution in [0.4, 0.5) is 0 Å². The highest BCUT2D eigenvalue weighted by Gasteiger charge is 2.12. The fourth-order valence-corrected chi connectivity index (χ4v) is 2.78. The molecule has 5 nitrogen and oxygen atoms in total. The van der Waals surface area contributed by atoms with Crippen LogP contribution in [0.2, 0.25) is 0 Å². The number of ether oxygens (including phenoxy) is 3. The van der Waals surface area contributed by atoms with Crippen molar-refractivity contribution in [3.8, 4) is 23.1 Å². The first kappa shape index (κ1) is 15.2. The molecule has 5 heteroatoms. The van der Waals surface area contributed by atoms with Gasteiger partial charge in [-0.3, -0.25) is 0 Å². The monoisotopic (exact) mass is 332 g/mol. The molecule has 0 radical (unpaired) electrons. The highest BCUT2D eigenvalue weighted by Crippen LogP contribution is 2.36. The second-order valence-corrected chi connectivity index (χ2v) is 5.51. The molecule has 3 aromatic carbocycles. The minimum atomic E-state index is 0.473. The third-order valence-corrected chi connectivity index (χ3v) is 4.04. The Hall–Kier alpha value is -3.34. The van der Waals surface area contributed by atoms with Gasteiger partial charge in [-0.1, -0.05) is 30.3 Å². The van der Waals surface area contributed by atoms with Crippen LogP contribution in [0.15, 0.2) is 60.9 Å². The van der Waals surface area contributed by atoms with Crippen molar-refractivity contribution < 1.29 is 14.2 Å². The number of rotatable bonds is 4. The Kier molecular flexibility index (Phi) is 3.82. The van der Waals surface area contributed by atoms with Crippen molar-refractivity contribution in [3.63, 3.8) is 0 Å². The molecule has 0 N–H and O–H groups in total. The standard InChI is InChI=1S/C20H16N2O3/c1-23-18-10-16-17(11-19(18)24-2)21-12-22-20(16)25-15-8-7-13-5-3-4-6-14(13)9-15/h3-12H,1-2H3. The lowest BCUT2D eigenvalue weighted by Crippen LogP contribution is -1.95. The Morgan fingerprint density at radius 1 is 0.760 bits per heavy atom. The topological polar surface area (TPSA) is 53.5 Å². The molecular weight excluding hydrogens is 316 g/mol. The van der Waals surface area contributed by atoms with Gasteiger partial charge < -0.3 is 14.2 Å². The van der Waals surface area contributed by atoms with Crippen LogP contribution in [-0.2, 0) is 0 Å². The van der Waals surface area contributed by atoms with Crippen LogP contribution in [0.5, 0.6) is 23.1 Å². The van der Waals surface area contributed by atoms with E-state index in [0.717, 1.165) is 21.7 Å². The number of fused-ring (bicyclic) bond motifs is 2. The van der Waals surface area contributed by atoms with Gasteiger partial charge >= 0.3 is 0 Å². The number of hydrogen-bond donors (Lipinski definition) is 0. The molecule has 0 bridgehead atoms. The zero-order valence-corrected chi connectivity index (χ0v) is 13.9. The number of aromatic nitrogens is 2. The molecule has 0 unspecified atom stereocenters. The summed E-state index contributed by atoms with van der Waals surface area (Å²) in [5.74, 6) is 2.41. The minimum Gasteiger partial charge on any atom is -0.493 e. The van der Waals surface area contributed by atoms with Gasteiger partial charge in [-0.15, -0.1) is 0 Å². The average molecular weight is 332 g/mol. The van der Waals surface area contributed by atoms with Gasteiger partial charge in [0.2, 0.25) is 5.88 Å². The molecule has 0 aliphatic heterocycles. The van der Waals surface area contributed by atoms with E-state index in [4.69, 9.17) is 14.2 Å². The van der Waals surface area contributed by atoms with Crippen molar-refractivity contribution in [3.05, 3.63) is 60.9 Å². The summed E-state index contributed by atoms with van der Waals surface area (Å²) in [6.45, 7) is 0. The molecule has 0 saturated carbocycles. The second-order valence-electron chi connectivity index (χ2n) is 5.51. The highest BCUT2D eigenvalue weighted by atomic mass is 16.5. The molecule has 1 aromatic heterocycles. The molecule has 4 aromatic rings. The van der Waals surface area contributed by atoms with Gasteiger partial charge in [0, 0.05) is 6.07 Å². The van der Waals surface area contributed by atoms with Gasteiger partial charge in [-0.05, 0) is 29.0 Å². The van der Waals surface area contributed by atoms with Gasteiger partial charge in [-0.2, -0.15) is 0 Å². The van der Waals surface area contributed by atoms with Crippen LogP contribution < -0.4 is 14.2 Å². The number of nitrogens with zero attached hydrogens (tertiary/aromatic N) is 2. The third kappa shape index (κ3) is 2.80. The maximum atomic E-state index is 6.03. The van der Waals surface area contributed by atoms with E-state index in [1.165, 1.54) is 6.33 Å². The van der Waals surface area contributed by atoms with Crippen molar-refractivity contribution in [1.29, 1.82) is 0 Å². The predicted molar refractivity (Wildman–Crippen MR) is 96.7 cm³/mol. The molecule has 0 atom stereocenters. The van der Waals surface area contributed by atoms with Crippen LogP contribution in [0.25, 0.3) is 21.7 Å². The molecule has 0 aliphatic rings. The Balaban J connectivity index is 1.79. The molecule has 0 amide bonds. The van der Waals surface area contributed by atoms with Crippen LogP contribution in [0.1, 0.15) is 0 Å². The lowest BCUT2D eigenvalue weighted by Gasteiger charge is -2.11. The quantitative estimate of drug-likeness (QED) is 0.547. The summed E-state index contributed by atoms with van der Waals surface area (Å²) in [5.41, 5.74) is 0.725. The van der Waals surface area contributed by atoms with Gasteiger partial charge in [-0.25, -0.2) is 9.97 Å². The molecule has 124 valence electrons. The fraction of sp³-hybridized carbons (Fsp3) is 0.100. The van der Waals surface area contributed by atoms with Crippen molar-refractivity contribution >= 4 is 21.7 Å². The Morgan fingerprint density at radius 3 is 2.32 bits per heavy atom. The molecule has 4 rings (SSSR count). The second kappa shape index (κ2) is 6.28. The zero-order chi connectivity index (χ0) is 17.2. The molecule has 0 fully saturated rings. The smallest absolute Gasteiger partial charge is 0.230 e. The van der Waals surface area contributed by atoms with E-state index >= 15 is 0 Å². The SMILES string of the molecule is COc1cc2ncnc(Oc3ccc4ccccc4c3)c2cc1OC. The first-order valence-electron chi connectivity index (χ1n) is 7.82. The van der Waals surface area contributed by atoms with Gasteiger partial charge in [0.1, 0.15) is 12.1 Å². The van der Waals surface area contributed by atoms with E-state index in [-0.39, 0.29) is 0 Å². The number of methoxy groups -OCH3 is 2. The van der Waals surface area contributed by atoms with E-state index in [0.29, 0.717) is 23.1 Å². The molecule has 0 aliphatic carbocycles. The lowest BCUT2D eigenvalue weighted by molar-refractivity contribution is 0.355. The first-order valence-corrected chi connectivity index (χ1v) is 7.82. The maximum absolute atomic E-state index is 6.03.